The lowest BCUT2D eigenvalue weighted by Crippen LogP contribution is -2.27. The topological polar surface area (TPSA) is 70.4 Å². The third kappa shape index (κ3) is 5.54. The lowest BCUT2D eigenvalue weighted by atomic mass is 10.0. The number of carbonyl (C=O) groups excluding carboxylic acids is 2. The fourth-order valence-corrected chi connectivity index (χ4v) is 7.00. The highest BCUT2D eigenvalue weighted by Gasteiger charge is 2.35. The minimum Gasteiger partial charge on any atom is -0.487 e. The number of carbonyl (C=O) groups is 2. The summed E-state index contributed by atoms with van der Waals surface area (Å²) in [4.78, 5) is 27.9. The van der Waals surface area contributed by atoms with Crippen LogP contribution in [0.4, 0.5) is 4.79 Å². The first kappa shape index (κ1) is 25.8. The number of nitriles is 1. The second-order valence-corrected chi connectivity index (χ2v) is 11.7. The van der Waals surface area contributed by atoms with Crippen LogP contribution in [0, 0.1) is 18.5 Å². The molecule has 2 amide bonds. The van der Waals surface area contributed by atoms with Crippen LogP contribution in [-0.2, 0) is 17.9 Å². The van der Waals surface area contributed by atoms with Crippen LogP contribution >= 0.6 is 56.9 Å². The third-order valence-electron chi connectivity index (χ3n) is 5.92. The van der Waals surface area contributed by atoms with E-state index in [4.69, 9.17) is 4.74 Å². The minimum absolute atomic E-state index is 0.210. The Kier molecular flexibility index (Phi) is 7.83. The molecule has 0 radical (unpaired) electrons. The molecule has 5 rings (SSSR count). The van der Waals surface area contributed by atoms with Gasteiger partial charge < -0.3 is 4.74 Å². The van der Waals surface area contributed by atoms with Crippen LogP contribution in [-0.4, -0.2) is 16.0 Å². The standard InChI is InChI=1S/C29H18I2N2O3S/c30-23-12-22(27(25(31)14-23)36-17-21-8-2-1-7-19(21)15-32)13-26-28(34)33(29(35)37-26)16-20-10-5-9-18-6-3-4-11-24(18)20/h1-14H,16-17H2/b26-13+. The van der Waals surface area contributed by atoms with E-state index in [0.717, 1.165) is 40.8 Å². The quantitative estimate of drug-likeness (QED) is 0.150. The summed E-state index contributed by atoms with van der Waals surface area (Å²) in [6, 6.07) is 27.2. The monoisotopic (exact) mass is 728 g/mol. The third-order valence-corrected chi connectivity index (χ3v) is 8.25. The molecule has 5 nitrogen and oxygen atoms in total. The van der Waals surface area contributed by atoms with Crippen LogP contribution in [0.15, 0.2) is 83.8 Å². The molecule has 1 aliphatic rings. The normalized spacial score (nSPS) is 14.4. The van der Waals surface area contributed by atoms with Gasteiger partial charge in [0, 0.05) is 14.7 Å². The fourth-order valence-electron chi connectivity index (χ4n) is 4.12. The highest BCUT2D eigenvalue weighted by Crippen LogP contribution is 2.37. The summed E-state index contributed by atoms with van der Waals surface area (Å²) in [6.07, 6.45) is 1.73. The van der Waals surface area contributed by atoms with Crippen molar-refractivity contribution in [1.29, 1.82) is 5.26 Å². The Morgan fingerprint density at radius 2 is 1.68 bits per heavy atom. The van der Waals surface area contributed by atoms with E-state index in [0.29, 0.717) is 21.8 Å². The highest BCUT2D eigenvalue weighted by atomic mass is 127. The predicted molar refractivity (Wildman–Crippen MR) is 163 cm³/mol. The molecule has 0 aromatic heterocycles. The van der Waals surface area contributed by atoms with Gasteiger partial charge in [-0.05, 0) is 97.6 Å². The first-order valence-electron chi connectivity index (χ1n) is 11.3. The van der Waals surface area contributed by atoms with Gasteiger partial charge in [-0.3, -0.25) is 14.5 Å². The zero-order valence-corrected chi connectivity index (χ0v) is 24.4. The molecule has 4 aromatic carbocycles. The maximum absolute atomic E-state index is 13.3. The largest absolute Gasteiger partial charge is 0.487 e. The van der Waals surface area contributed by atoms with Gasteiger partial charge >= 0.3 is 0 Å². The molecule has 0 atom stereocenters. The second kappa shape index (κ2) is 11.2. The number of benzene rings is 4. The van der Waals surface area contributed by atoms with Gasteiger partial charge in [-0.2, -0.15) is 5.26 Å². The number of thioether (sulfide) groups is 1. The zero-order chi connectivity index (χ0) is 25.9. The van der Waals surface area contributed by atoms with E-state index in [1.165, 1.54) is 4.90 Å². The van der Waals surface area contributed by atoms with Gasteiger partial charge in [0.05, 0.1) is 26.7 Å². The molecular formula is C29H18I2N2O3S. The van der Waals surface area contributed by atoms with Crippen molar-refractivity contribution in [3.8, 4) is 11.8 Å². The molecule has 0 unspecified atom stereocenters. The van der Waals surface area contributed by atoms with Crippen molar-refractivity contribution < 1.29 is 14.3 Å². The summed E-state index contributed by atoms with van der Waals surface area (Å²) in [5, 5.41) is 11.2. The fraction of sp³-hybridized carbons (Fsp3) is 0.0690. The predicted octanol–water partition coefficient (Wildman–Crippen LogP) is 7.74. The lowest BCUT2D eigenvalue weighted by Gasteiger charge is -2.15. The van der Waals surface area contributed by atoms with Crippen molar-refractivity contribution in [3.05, 3.63) is 113 Å². The molecular weight excluding hydrogens is 710 g/mol. The number of fused-ring (bicyclic) bond motifs is 1. The summed E-state index contributed by atoms with van der Waals surface area (Å²) in [5.41, 5.74) is 2.96. The van der Waals surface area contributed by atoms with E-state index in [9.17, 15) is 14.9 Å². The maximum Gasteiger partial charge on any atom is 0.293 e. The lowest BCUT2D eigenvalue weighted by molar-refractivity contribution is -0.123. The average Bonchev–Trinajstić information content (AvgIpc) is 3.15. The van der Waals surface area contributed by atoms with Crippen LogP contribution in [0.5, 0.6) is 5.75 Å². The van der Waals surface area contributed by atoms with Gasteiger partial charge in [-0.15, -0.1) is 0 Å². The van der Waals surface area contributed by atoms with Gasteiger partial charge in [-0.1, -0.05) is 60.7 Å². The molecule has 8 heteroatoms. The number of hydrogen-bond acceptors (Lipinski definition) is 5. The number of halogens is 2. The molecule has 37 heavy (non-hydrogen) atoms. The summed E-state index contributed by atoms with van der Waals surface area (Å²) < 4.78 is 8.02. The van der Waals surface area contributed by atoms with Crippen molar-refractivity contribution in [2.24, 2.45) is 0 Å². The van der Waals surface area contributed by atoms with Gasteiger partial charge in [0.15, 0.2) is 0 Å². The van der Waals surface area contributed by atoms with E-state index in [2.05, 4.69) is 51.3 Å². The highest BCUT2D eigenvalue weighted by molar-refractivity contribution is 14.1. The number of rotatable bonds is 6. The molecule has 1 saturated heterocycles. The molecule has 0 spiro atoms. The second-order valence-electron chi connectivity index (χ2n) is 8.27. The molecule has 0 aliphatic carbocycles. The zero-order valence-electron chi connectivity index (χ0n) is 19.3. The SMILES string of the molecule is N#Cc1ccccc1COc1c(I)cc(I)cc1/C=C1/SC(=O)N(Cc2cccc3ccccc23)C1=O. The number of hydrogen-bond donors (Lipinski definition) is 0. The van der Waals surface area contributed by atoms with Crippen LogP contribution in [0.1, 0.15) is 22.3 Å². The van der Waals surface area contributed by atoms with Crippen LogP contribution in [0.2, 0.25) is 0 Å². The van der Waals surface area contributed by atoms with E-state index in [1.54, 1.807) is 12.1 Å². The molecule has 1 aliphatic heterocycles. The maximum atomic E-state index is 13.3. The Bertz CT molecular complexity index is 1620. The molecule has 182 valence electrons. The number of ether oxygens (including phenoxy) is 1. The Morgan fingerprint density at radius 1 is 0.946 bits per heavy atom. The Hall–Kier alpha value is -2.88. The molecule has 4 aromatic rings. The van der Waals surface area contributed by atoms with Crippen molar-refractivity contribution >= 4 is 84.9 Å². The smallest absolute Gasteiger partial charge is 0.293 e. The Labute approximate surface area is 245 Å². The van der Waals surface area contributed by atoms with E-state index < -0.39 is 0 Å². The van der Waals surface area contributed by atoms with Gasteiger partial charge in [0.25, 0.3) is 11.1 Å². The van der Waals surface area contributed by atoms with Crippen molar-refractivity contribution in [1.82, 2.24) is 4.90 Å². The number of imide groups is 1. The Balaban J connectivity index is 1.43. The number of nitrogens with zero attached hydrogens (tertiary/aromatic N) is 2. The molecule has 0 saturated carbocycles. The van der Waals surface area contributed by atoms with Crippen molar-refractivity contribution in [3.63, 3.8) is 0 Å². The minimum atomic E-state index is -0.322. The molecule has 1 heterocycles. The van der Waals surface area contributed by atoms with Crippen molar-refractivity contribution in [2.75, 3.05) is 0 Å². The molecule has 1 fully saturated rings. The first-order chi connectivity index (χ1) is 17.9. The van der Waals surface area contributed by atoms with E-state index >= 15 is 0 Å². The van der Waals surface area contributed by atoms with Gasteiger partial charge in [0.1, 0.15) is 12.4 Å². The van der Waals surface area contributed by atoms with Crippen molar-refractivity contribution in [2.45, 2.75) is 13.2 Å². The van der Waals surface area contributed by atoms with E-state index in [-0.39, 0.29) is 24.3 Å². The first-order valence-corrected chi connectivity index (χ1v) is 14.2. The van der Waals surface area contributed by atoms with Crippen LogP contribution in [0.3, 0.4) is 0 Å². The summed E-state index contributed by atoms with van der Waals surface area (Å²) in [7, 11) is 0. The van der Waals surface area contributed by atoms with Gasteiger partial charge in [-0.25, -0.2) is 0 Å². The molecule has 0 bridgehead atoms. The van der Waals surface area contributed by atoms with Crippen LogP contribution in [0.25, 0.3) is 16.8 Å². The van der Waals surface area contributed by atoms with Crippen LogP contribution < -0.4 is 4.74 Å². The average molecular weight is 728 g/mol. The Morgan fingerprint density at radius 3 is 2.51 bits per heavy atom. The number of amides is 2. The summed E-state index contributed by atoms with van der Waals surface area (Å²) in [5.74, 6) is 0.284. The van der Waals surface area contributed by atoms with E-state index in [1.807, 2.05) is 72.8 Å². The molecule has 0 N–H and O–H groups in total. The van der Waals surface area contributed by atoms with Gasteiger partial charge in [0.2, 0.25) is 0 Å². The summed E-state index contributed by atoms with van der Waals surface area (Å²) >= 11 is 5.36. The summed E-state index contributed by atoms with van der Waals surface area (Å²) in [6.45, 7) is 0.422.